The second-order valence-electron chi connectivity index (χ2n) is 10.6. The number of carbonyl (C=O) groups is 2. The first-order valence-electron chi connectivity index (χ1n) is 11.1. The maximum Gasteiger partial charge on any atom is 1.00 e. The number of aliphatic hydroxyl groups is 1. The molecular weight excluding hydrogens is 391 g/mol. The Morgan fingerprint density at radius 2 is 1.90 bits per heavy atom. The first kappa shape index (κ1) is 22.4. The summed E-state index contributed by atoms with van der Waals surface area (Å²) in [5, 5.41) is 23.0. The Kier molecular flexibility index (Phi) is 5.70. The second-order valence-corrected chi connectivity index (χ2v) is 10.6. The molecule has 0 amide bonds. The van der Waals surface area contributed by atoms with Crippen molar-refractivity contribution >= 4 is 11.8 Å². The summed E-state index contributed by atoms with van der Waals surface area (Å²) in [5.41, 5.74) is 0.172. The molecule has 0 bridgehead atoms. The molecule has 5 heteroatoms. The Hall–Kier alpha value is 0.216. The summed E-state index contributed by atoms with van der Waals surface area (Å²) in [5.74, 6) is 1.34. The molecule has 29 heavy (non-hydrogen) atoms. The standard InChI is InChI=1S/C24H32O4.K/c1-22-10-7-15(25)13-14(22)3-4-16-18(22)8-11-23(2)21(16)17-5-6-19(17)24(23,28)12-9-20(26)27;/h7,10,13,16-19,21,28H,3-6,8-9,11-12H2,1-2H3,(H,26,27);/q;+1/p-1/t16?,17-,18?,19+,21?,22+,23+,24+;/m1./s1. The van der Waals surface area contributed by atoms with Gasteiger partial charge in [-0.1, -0.05) is 25.5 Å². The van der Waals surface area contributed by atoms with Crippen molar-refractivity contribution in [3.05, 3.63) is 23.8 Å². The summed E-state index contributed by atoms with van der Waals surface area (Å²) in [6.45, 7) is 4.55. The van der Waals surface area contributed by atoms with Crippen LogP contribution in [0.1, 0.15) is 65.2 Å². The normalized spacial score (nSPS) is 49.6. The molecule has 4 nitrogen and oxygen atoms in total. The van der Waals surface area contributed by atoms with Gasteiger partial charge >= 0.3 is 51.4 Å². The Morgan fingerprint density at radius 3 is 2.55 bits per heavy atom. The minimum Gasteiger partial charge on any atom is -0.550 e. The van der Waals surface area contributed by atoms with E-state index < -0.39 is 11.6 Å². The van der Waals surface area contributed by atoms with Gasteiger partial charge in [0, 0.05) is 11.4 Å². The van der Waals surface area contributed by atoms with Crippen molar-refractivity contribution in [3.63, 3.8) is 0 Å². The molecule has 4 fully saturated rings. The third kappa shape index (κ3) is 2.94. The molecule has 0 radical (unpaired) electrons. The summed E-state index contributed by atoms with van der Waals surface area (Å²) >= 11 is 0. The van der Waals surface area contributed by atoms with Gasteiger partial charge in [-0.25, -0.2) is 0 Å². The van der Waals surface area contributed by atoms with Crippen LogP contribution in [0.4, 0.5) is 0 Å². The molecule has 0 heterocycles. The third-order valence-electron chi connectivity index (χ3n) is 9.91. The number of carboxylic acid groups (broad SMARTS) is 1. The van der Waals surface area contributed by atoms with Crippen molar-refractivity contribution in [2.75, 3.05) is 0 Å². The molecule has 5 aliphatic carbocycles. The Labute approximate surface area is 216 Å². The van der Waals surface area contributed by atoms with Crippen molar-refractivity contribution in [2.24, 2.45) is 40.4 Å². The number of hydrogen-bond acceptors (Lipinski definition) is 4. The quantitative estimate of drug-likeness (QED) is 0.640. The van der Waals surface area contributed by atoms with Gasteiger partial charge in [0.15, 0.2) is 5.78 Å². The van der Waals surface area contributed by atoms with E-state index >= 15 is 0 Å². The van der Waals surface area contributed by atoms with E-state index in [0.717, 1.165) is 38.5 Å². The van der Waals surface area contributed by atoms with Crippen LogP contribution in [0.15, 0.2) is 23.8 Å². The van der Waals surface area contributed by atoms with Gasteiger partial charge in [0.25, 0.3) is 0 Å². The van der Waals surface area contributed by atoms with Crippen LogP contribution in [0.5, 0.6) is 0 Å². The van der Waals surface area contributed by atoms with E-state index in [1.807, 2.05) is 6.08 Å². The molecular formula is C24H31KO4. The van der Waals surface area contributed by atoms with E-state index in [0.29, 0.717) is 30.1 Å². The number of hydrogen-bond donors (Lipinski definition) is 1. The molecule has 3 unspecified atom stereocenters. The SMILES string of the molecule is C[C@]12C=CC(=O)C=C1CCC1C2CC[C@@]2(C)C1[C@@H]1CC[C@@H]1[C@@]2(O)CCC(=O)[O-].[K+]. The molecule has 152 valence electrons. The minimum atomic E-state index is -1.05. The van der Waals surface area contributed by atoms with Gasteiger partial charge in [0.2, 0.25) is 0 Å². The third-order valence-corrected chi connectivity index (χ3v) is 9.91. The Balaban J connectivity index is 0.00000205. The average Bonchev–Trinajstić information content (AvgIpc) is 2.74. The van der Waals surface area contributed by atoms with Crippen LogP contribution >= 0.6 is 0 Å². The number of fused-ring (bicyclic) bond motifs is 7. The summed E-state index contributed by atoms with van der Waals surface area (Å²) < 4.78 is 0. The second kappa shape index (κ2) is 7.38. The fraction of sp³-hybridized carbons (Fsp3) is 0.750. The van der Waals surface area contributed by atoms with Gasteiger partial charge in [-0.3, -0.25) is 4.79 Å². The van der Waals surface area contributed by atoms with Crippen LogP contribution in [0.3, 0.4) is 0 Å². The molecule has 0 saturated heterocycles. The summed E-state index contributed by atoms with van der Waals surface area (Å²) in [7, 11) is 0. The fourth-order valence-electron chi connectivity index (χ4n) is 8.48. The fourth-order valence-corrected chi connectivity index (χ4v) is 8.48. The van der Waals surface area contributed by atoms with Gasteiger partial charge < -0.3 is 15.0 Å². The van der Waals surface area contributed by atoms with Gasteiger partial charge in [-0.05, 0) is 98.5 Å². The largest absolute Gasteiger partial charge is 1.00 e. The molecule has 0 aromatic rings. The molecule has 4 saturated carbocycles. The molecule has 5 rings (SSSR count). The van der Waals surface area contributed by atoms with E-state index in [1.54, 1.807) is 6.08 Å². The number of ketones is 1. The van der Waals surface area contributed by atoms with Crippen LogP contribution < -0.4 is 56.5 Å². The van der Waals surface area contributed by atoms with E-state index in [1.165, 1.54) is 5.57 Å². The summed E-state index contributed by atoms with van der Waals surface area (Å²) in [6, 6.07) is 0. The number of allylic oxidation sites excluding steroid dienone is 4. The van der Waals surface area contributed by atoms with Crippen LogP contribution in [-0.2, 0) is 9.59 Å². The number of carboxylic acids is 1. The predicted octanol–water partition coefficient (Wildman–Crippen LogP) is -0.194. The van der Waals surface area contributed by atoms with E-state index in [2.05, 4.69) is 19.9 Å². The molecule has 0 spiro atoms. The van der Waals surface area contributed by atoms with Crippen molar-refractivity contribution in [3.8, 4) is 0 Å². The van der Waals surface area contributed by atoms with Crippen LogP contribution in [0.2, 0.25) is 0 Å². The zero-order chi connectivity index (χ0) is 19.9. The number of aliphatic carboxylic acids is 1. The maximum absolute atomic E-state index is 11.9. The molecule has 0 aromatic carbocycles. The van der Waals surface area contributed by atoms with Gasteiger partial charge in [-0.2, -0.15) is 0 Å². The Bertz CT molecular complexity index is 803. The van der Waals surface area contributed by atoms with Gasteiger partial charge in [0.05, 0.1) is 5.60 Å². The molecule has 0 aliphatic heterocycles. The van der Waals surface area contributed by atoms with Crippen LogP contribution in [0, 0.1) is 40.4 Å². The maximum atomic E-state index is 11.9. The van der Waals surface area contributed by atoms with Gasteiger partial charge in [0.1, 0.15) is 0 Å². The zero-order valence-corrected chi connectivity index (χ0v) is 21.1. The average molecular weight is 423 g/mol. The molecule has 5 aliphatic rings. The van der Waals surface area contributed by atoms with E-state index in [4.69, 9.17) is 0 Å². The zero-order valence-electron chi connectivity index (χ0n) is 17.9. The molecule has 0 aromatic heterocycles. The molecule has 1 N–H and O–H groups in total. The molecule has 8 atom stereocenters. The Morgan fingerprint density at radius 1 is 1.17 bits per heavy atom. The van der Waals surface area contributed by atoms with Crippen LogP contribution in [0.25, 0.3) is 0 Å². The monoisotopic (exact) mass is 422 g/mol. The smallest absolute Gasteiger partial charge is 0.550 e. The van der Waals surface area contributed by atoms with Crippen molar-refractivity contribution in [1.29, 1.82) is 0 Å². The van der Waals surface area contributed by atoms with Crippen molar-refractivity contribution in [2.45, 2.75) is 70.8 Å². The van der Waals surface area contributed by atoms with Gasteiger partial charge in [-0.15, -0.1) is 0 Å². The summed E-state index contributed by atoms with van der Waals surface area (Å²) in [6.07, 6.45) is 12.3. The van der Waals surface area contributed by atoms with Crippen molar-refractivity contribution < 1.29 is 71.2 Å². The summed E-state index contributed by atoms with van der Waals surface area (Å²) in [4.78, 5) is 23.1. The predicted molar refractivity (Wildman–Crippen MR) is 103 cm³/mol. The topological polar surface area (TPSA) is 77.4 Å². The van der Waals surface area contributed by atoms with Crippen molar-refractivity contribution in [1.82, 2.24) is 0 Å². The van der Waals surface area contributed by atoms with E-state index in [9.17, 15) is 19.8 Å². The number of rotatable bonds is 3. The van der Waals surface area contributed by atoms with Crippen LogP contribution in [-0.4, -0.2) is 22.5 Å². The number of carbonyl (C=O) groups excluding carboxylic acids is 2. The first-order valence-corrected chi connectivity index (χ1v) is 11.1. The minimum absolute atomic E-state index is 0. The van der Waals surface area contributed by atoms with E-state index in [-0.39, 0.29) is 80.3 Å². The first-order chi connectivity index (χ1) is 13.2.